The first-order valence-corrected chi connectivity index (χ1v) is 8.74. The average Bonchev–Trinajstić information content (AvgIpc) is 3.07. The van der Waals surface area contributed by atoms with Crippen molar-refractivity contribution in [2.45, 2.75) is 31.2 Å². The number of oxazole rings is 1. The summed E-state index contributed by atoms with van der Waals surface area (Å²) in [5.41, 5.74) is 0.880. The fraction of sp³-hybridized carbons (Fsp3) is 0.529. The van der Waals surface area contributed by atoms with Crippen LogP contribution in [0.3, 0.4) is 0 Å². The largest absolute Gasteiger partial charge is 0.490 e. The Kier molecular flexibility index (Phi) is 6.25. The van der Waals surface area contributed by atoms with Crippen molar-refractivity contribution in [2.24, 2.45) is 0 Å². The summed E-state index contributed by atoms with van der Waals surface area (Å²) in [6, 6.07) is 5.56. The number of carbonyl (C=O) groups is 1. The number of alkyl halides is 3. The minimum absolute atomic E-state index is 0.240. The number of esters is 1. The van der Waals surface area contributed by atoms with E-state index in [4.69, 9.17) is 9.15 Å². The van der Waals surface area contributed by atoms with E-state index in [2.05, 4.69) is 20.4 Å². The van der Waals surface area contributed by atoms with Crippen LogP contribution in [0.5, 0.6) is 5.75 Å². The van der Waals surface area contributed by atoms with E-state index in [0.29, 0.717) is 17.1 Å². The summed E-state index contributed by atoms with van der Waals surface area (Å²) in [5.74, 6) is -2.10. The van der Waals surface area contributed by atoms with Gasteiger partial charge in [-0.2, -0.15) is 18.2 Å². The molecule has 1 aliphatic heterocycles. The third kappa shape index (κ3) is 5.26. The van der Waals surface area contributed by atoms with E-state index >= 15 is 0 Å². The van der Waals surface area contributed by atoms with Gasteiger partial charge in [-0.1, -0.05) is 6.07 Å². The van der Waals surface area contributed by atoms with E-state index in [-0.39, 0.29) is 18.4 Å². The summed E-state index contributed by atoms with van der Waals surface area (Å²) in [5, 5.41) is 16.2. The molecule has 0 spiro atoms. The molecule has 1 aromatic heterocycles. The van der Waals surface area contributed by atoms with Gasteiger partial charge in [0.2, 0.25) is 0 Å². The first-order chi connectivity index (χ1) is 13.3. The molecule has 1 aliphatic rings. The highest BCUT2D eigenvalue weighted by atomic mass is 19.4. The fourth-order valence-corrected chi connectivity index (χ4v) is 2.73. The third-order valence-corrected chi connectivity index (χ3v) is 4.12. The van der Waals surface area contributed by atoms with Crippen molar-refractivity contribution in [1.82, 2.24) is 10.3 Å². The molecule has 2 aromatic rings. The minimum atomic E-state index is -5.11. The second-order valence-corrected chi connectivity index (χ2v) is 6.35. The summed E-state index contributed by atoms with van der Waals surface area (Å²) >= 11 is 0. The maximum Gasteiger partial charge on any atom is 0.490 e. The number of hydrogen-bond acceptors (Lipinski definition) is 8. The van der Waals surface area contributed by atoms with Gasteiger partial charge in [0.05, 0.1) is 0 Å². The van der Waals surface area contributed by atoms with E-state index in [1.165, 1.54) is 0 Å². The van der Waals surface area contributed by atoms with Gasteiger partial charge in [0.15, 0.2) is 11.3 Å². The first-order valence-electron chi connectivity index (χ1n) is 8.74. The predicted octanol–water partition coefficient (Wildman–Crippen LogP) is 1.84. The number of nitrogens with zero attached hydrogens (tertiary/aromatic N) is 1. The van der Waals surface area contributed by atoms with Crippen molar-refractivity contribution in [2.75, 3.05) is 31.6 Å². The predicted molar refractivity (Wildman–Crippen MR) is 92.0 cm³/mol. The average molecular weight is 403 g/mol. The molecule has 11 heteroatoms. The van der Waals surface area contributed by atoms with E-state index < -0.39 is 24.9 Å². The number of ether oxygens (including phenoxy) is 2. The van der Waals surface area contributed by atoms with Crippen LogP contribution < -0.4 is 15.4 Å². The maximum atomic E-state index is 12.1. The summed E-state index contributed by atoms with van der Waals surface area (Å²) in [6.07, 6.45) is -4.67. The molecule has 1 saturated heterocycles. The molecule has 0 saturated carbocycles. The summed E-state index contributed by atoms with van der Waals surface area (Å²) in [6.45, 7) is 0.585. The molecular formula is C17H20F3N3O5. The lowest BCUT2D eigenvalue weighted by molar-refractivity contribution is -0.202. The molecule has 0 aliphatic carbocycles. The second-order valence-electron chi connectivity index (χ2n) is 6.35. The van der Waals surface area contributed by atoms with Crippen LogP contribution in [-0.2, 0) is 9.53 Å². The number of piperidine rings is 1. The zero-order valence-corrected chi connectivity index (χ0v) is 14.8. The lowest BCUT2D eigenvalue weighted by Crippen LogP contribution is -2.35. The number of aliphatic hydroxyl groups excluding tert-OH is 1. The lowest BCUT2D eigenvalue weighted by Gasteiger charge is -2.22. The number of para-hydroxylation sites is 1. The minimum Gasteiger partial charge on any atom is -0.487 e. The number of rotatable bonds is 7. The SMILES string of the molecule is O=C(OCC(O)COc1cccc2nc(NC3CCNCC3)oc12)C(F)(F)F. The maximum absolute atomic E-state index is 12.1. The number of nitrogens with one attached hydrogen (secondary N) is 2. The molecule has 1 atom stereocenters. The van der Waals surface area contributed by atoms with Gasteiger partial charge >= 0.3 is 12.1 Å². The molecule has 1 aromatic carbocycles. The topological polar surface area (TPSA) is 106 Å². The monoisotopic (exact) mass is 403 g/mol. The molecule has 1 fully saturated rings. The van der Waals surface area contributed by atoms with Crippen LogP contribution >= 0.6 is 0 Å². The van der Waals surface area contributed by atoms with Gasteiger partial charge in [-0.25, -0.2) is 4.79 Å². The highest BCUT2D eigenvalue weighted by Gasteiger charge is 2.41. The molecular weight excluding hydrogens is 383 g/mol. The molecule has 3 N–H and O–H groups in total. The number of benzene rings is 1. The molecule has 28 heavy (non-hydrogen) atoms. The van der Waals surface area contributed by atoms with Crippen molar-refractivity contribution in [1.29, 1.82) is 0 Å². The highest BCUT2D eigenvalue weighted by molar-refractivity contribution is 5.80. The van der Waals surface area contributed by atoms with Crippen LogP contribution in [0, 0.1) is 0 Å². The van der Waals surface area contributed by atoms with Crippen LogP contribution in [0.2, 0.25) is 0 Å². The van der Waals surface area contributed by atoms with E-state index in [9.17, 15) is 23.1 Å². The van der Waals surface area contributed by atoms with Crippen molar-refractivity contribution >= 4 is 23.1 Å². The number of halogens is 3. The number of aliphatic hydroxyl groups is 1. The van der Waals surface area contributed by atoms with Crippen LogP contribution in [-0.4, -0.2) is 60.7 Å². The van der Waals surface area contributed by atoms with E-state index in [1.807, 2.05) is 0 Å². The zero-order chi connectivity index (χ0) is 20.1. The smallest absolute Gasteiger partial charge is 0.487 e. The third-order valence-electron chi connectivity index (χ3n) is 4.12. The van der Waals surface area contributed by atoms with Gasteiger partial charge in [-0.15, -0.1) is 0 Å². The summed E-state index contributed by atoms with van der Waals surface area (Å²) < 4.78 is 51.3. The Labute approximate surface area is 158 Å². The molecule has 154 valence electrons. The van der Waals surface area contributed by atoms with Crippen LogP contribution in [0.4, 0.5) is 19.2 Å². The first kappa shape index (κ1) is 20.2. The number of anilines is 1. The summed E-state index contributed by atoms with van der Waals surface area (Å²) in [4.78, 5) is 15.0. The van der Waals surface area contributed by atoms with Gasteiger partial charge in [0.25, 0.3) is 6.01 Å². The Morgan fingerprint density at radius 3 is 2.82 bits per heavy atom. The van der Waals surface area contributed by atoms with Crippen molar-refractivity contribution < 1.29 is 37.0 Å². The molecule has 8 nitrogen and oxygen atoms in total. The van der Waals surface area contributed by atoms with Crippen molar-refractivity contribution in [3.8, 4) is 5.75 Å². The van der Waals surface area contributed by atoms with Gasteiger partial charge in [0, 0.05) is 6.04 Å². The summed E-state index contributed by atoms with van der Waals surface area (Å²) in [7, 11) is 0. The molecule has 0 radical (unpaired) electrons. The lowest BCUT2D eigenvalue weighted by atomic mass is 10.1. The number of aromatic nitrogens is 1. The molecule has 3 rings (SSSR count). The standard InChI is InChI=1S/C17H20F3N3O5/c18-17(19,20)15(25)27-9-11(24)8-26-13-3-1-2-12-14(13)28-16(23-12)22-10-4-6-21-7-5-10/h1-3,10-11,21,24H,4-9H2,(H,22,23). The van der Waals surface area contributed by atoms with Crippen LogP contribution in [0.25, 0.3) is 11.1 Å². The van der Waals surface area contributed by atoms with Gasteiger partial charge in [0.1, 0.15) is 24.8 Å². The normalized spacial score (nSPS) is 16.7. The fourth-order valence-electron chi connectivity index (χ4n) is 2.73. The molecule has 0 bridgehead atoms. The Hall–Kier alpha value is -2.53. The van der Waals surface area contributed by atoms with E-state index in [0.717, 1.165) is 25.9 Å². The van der Waals surface area contributed by atoms with E-state index in [1.54, 1.807) is 18.2 Å². The Bertz CT molecular complexity index is 805. The van der Waals surface area contributed by atoms with Gasteiger partial charge in [-0.3, -0.25) is 0 Å². The Balaban J connectivity index is 1.57. The van der Waals surface area contributed by atoms with Crippen LogP contribution in [0.15, 0.2) is 22.6 Å². The molecule has 1 unspecified atom stereocenters. The molecule has 2 heterocycles. The number of carbonyl (C=O) groups excluding carboxylic acids is 1. The zero-order valence-electron chi connectivity index (χ0n) is 14.8. The number of fused-ring (bicyclic) bond motifs is 1. The van der Waals surface area contributed by atoms with Crippen LogP contribution in [0.1, 0.15) is 12.8 Å². The molecule has 0 amide bonds. The van der Waals surface area contributed by atoms with Gasteiger partial charge in [-0.05, 0) is 38.1 Å². The van der Waals surface area contributed by atoms with Gasteiger partial charge < -0.3 is 29.6 Å². The Morgan fingerprint density at radius 1 is 1.36 bits per heavy atom. The van der Waals surface area contributed by atoms with Crippen molar-refractivity contribution in [3.05, 3.63) is 18.2 Å². The quantitative estimate of drug-likeness (QED) is 0.602. The van der Waals surface area contributed by atoms with Crippen molar-refractivity contribution in [3.63, 3.8) is 0 Å². The Morgan fingerprint density at radius 2 is 2.11 bits per heavy atom. The number of hydrogen-bond donors (Lipinski definition) is 3. The second kappa shape index (κ2) is 8.65. The highest BCUT2D eigenvalue weighted by Crippen LogP contribution is 2.29.